The van der Waals surface area contributed by atoms with Crippen molar-refractivity contribution < 1.29 is 9.59 Å². The fourth-order valence-electron chi connectivity index (χ4n) is 2.42. The lowest BCUT2D eigenvalue weighted by molar-refractivity contribution is -0.129. The van der Waals surface area contributed by atoms with E-state index in [4.69, 9.17) is 0 Å². The van der Waals surface area contributed by atoms with Gasteiger partial charge in [-0.05, 0) is 12.8 Å². The number of amides is 2. The highest BCUT2D eigenvalue weighted by Gasteiger charge is 2.20. The first-order chi connectivity index (χ1) is 12.1. The Hall–Kier alpha value is -0.730. The third kappa shape index (κ3) is 7.19. The Bertz CT molecular complexity index is 559. The minimum atomic E-state index is -0.154. The lowest BCUT2D eigenvalue weighted by atomic mass is 10.3. The molecule has 1 N–H and O–H groups in total. The predicted octanol–water partition coefficient (Wildman–Crippen LogP) is 2.91. The number of rotatable bonds is 9. The van der Waals surface area contributed by atoms with E-state index in [-0.39, 0.29) is 11.8 Å². The summed E-state index contributed by atoms with van der Waals surface area (Å²) in [6, 6.07) is 0. The summed E-state index contributed by atoms with van der Waals surface area (Å²) in [4.78, 5) is 30.5. The molecule has 0 bridgehead atoms. The van der Waals surface area contributed by atoms with E-state index >= 15 is 0 Å². The Kier molecular flexibility index (Phi) is 9.12. The molecular weight excluding hydrogens is 374 g/mol. The maximum atomic E-state index is 12.2. The summed E-state index contributed by atoms with van der Waals surface area (Å²) in [5.74, 6) is 3.39. The Labute approximate surface area is 162 Å². The number of hydrogen-bond acceptors (Lipinski definition) is 6. The molecule has 1 fully saturated rings. The number of aryl methyl sites for hydroxylation is 1. The number of nitrogens with one attached hydrogen (secondary N) is 1. The third-order valence-electron chi connectivity index (χ3n) is 3.97. The fourth-order valence-corrected chi connectivity index (χ4v) is 5.91. The smallest absolute Gasteiger partial charge is 0.270 e. The quantitative estimate of drug-likeness (QED) is 0.689. The summed E-state index contributed by atoms with van der Waals surface area (Å²) in [5.41, 5.74) is 0.487. The molecule has 1 aromatic rings. The van der Waals surface area contributed by atoms with Gasteiger partial charge >= 0.3 is 0 Å². The largest absolute Gasteiger partial charge is 0.349 e. The zero-order valence-corrected chi connectivity index (χ0v) is 17.4. The highest BCUT2D eigenvalue weighted by molar-refractivity contribution is 8.06. The lowest BCUT2D eigenvalue weighted by Crippen LogP contribution is -2.37. The van der Waals surface area contributed by atoms with Gasteiger partial charge in [0.15, 0.2) is 0 Å². The minimum Gasteiger partial charge on any atom is -0.349 e. The molecule has 8 heteroatoms. The molecule has 0 saturated carbocycles. The first-order valence-electron chi connectivity index (χ1n) is 8.76. The van der Waals surface area contributed by atoms with Crippen molar-refractivity contribution in [1.29, 1.82) is 0 Å². The molecule has 140 valence electrons. The topological polar surface area (TPSA) is 62.3 Å². The van der Waals surface area contributed by atoms with Crippen LogP contribution in [0.4, 0.5) is 0 Å². The van der Waals surface area contributed by atoms with Gasteiger partial charge in [-0.1, -0.05) is 13.3 Å². The third-order valence-corrected chi connectivity index (χ3v) is 7.73. The van der Waals surface area contributed by atoms with Crippen LogP contribution in [0.15, 0.2) is 5.38 Å². The molecule has 0 aromatic carbocycles. The monoisotopic (exact) mass is 401 g/mol. The van der Waals surface area contributed by atoms with Gasteiger partial charge < -0.3 is 10.2 Å². The van der Waals surface area contributed by atoms with Gasteiger partial charge in [0.05, 0.1) is 5.01 Å². The number of nitrogens with zero attached hydrogens (tertiary/aromatic N) is 2. The number of thiazole rings is 1. The molecule has 2 heterocycles. The zero-order valence-electron chi connectivity index (χ0n) is 15.0. The molecule has 0 aliphatic carbocycles. The van der Waals surface area contributed by atoms with Crippen molar-refractivity contribution in [2.75, 3.05) is 37.4 Å². The SMILES string of the molecule is CCCCc1nc(C(=O)NCCN(C)C(=O)CC2CSCCS2)cs1. The van der Waals surface area contributed by atoms with E-state index in [0.29, 0.717) is 30.5 Å². The van der Waals surface area contributed by atoms with Crippen molar-refractivity contribution in [3.05, 3.63) is 16.1 Å². The normalized spacial score (nSPS) is 17.3. The molecule has 5 nitrogen and oxygen atoms in total. The van der Waals surface area contributed by atoms with Gasteiger partial charge in [-0.2, -0.15) is 23.5 Å². The van der Waals surface area contributed by atoms with Crippen molar-refractivity contribution >= 4 is 46.7 Å². The van der Waals surface area contributed by atoms with Gasteiger partial charge in [0, 0.05) is 54.4 Å². The Morgan fingerprint density at radius 2 is 2.24 bits per heavy atom. The van der Waals surface area contributed by atoms with E-state index in [1.54, 1.807) is 23.3 Å². The van der Waals surface area contributed by atoms with Crippen molar-refractivity contribution in [3.63, 3.8) is 0 Å². The van der Waals surface area contributed by atoms with E-state index in [1.165, 1.54) is 5.75 Å². The molecule has 1 saturated heterocycles. The zero-order chi connectivity index (χ0) is 18.1. The maximum absolute atomic E-state index is 12.2. The minimum absolute atomic E-state index is 0.154. The van der Waals surface area contributed by atoms with Gasteiger partial charge in [-0.15, -0.1) is 11.3 Å². The van der Waals surface area contributed by atoms with E-state index < -0.39 is 0 Å². The molecule has 1 aromatic heterocycles. The maximum Gasteiger partial charge on any atom is 0.270 e. The fraction of sp³-hybridized carbons (Fsp3) is 0.706. The molecule has 1 aliphatic heterocycles. The van der Waals surface area contributed by atoms with Crippen LogP contribution < -0.4 is 5.32 Å². The molecule has 1 atom stereocenters. The number of unbranched alkanes of at least 4 members (excludes halogenated alkanes) is 1. The molecular formula is C17H27N3O2S3. The second kappa shape index (κ2) is 11.1. The summed E-state index contributed by atoms with van der Waals surface area (Å²) in [7, 11) is 1.81. The van der Waals surface area contributed by atoms with Crippen LogP contribution in [-0.2, 0) is 11.2 Å². The summed E-state index contributed by atoms with van der Waals surface area (Å²) in [6.45, 7) is 3.13. The van der Waals surface area contributed by atoms with E-state index in [2.05, 4.69) is 17.2 Å². The molecule has 0 spiro atoms. The number of carbonyl (C=O) groups is 2. The number of hydrogen-bond donors (Lipinski definition) is 1. The molecule has 1 unspecified atom stereocenters. The Morgan fingerprint density at radius 1 is 1.40 bits per heavy atom. The Morgan fingerprint density at radius 3 is 2.96 bits per heavy atom. The van der Waals surface area contributed by atoms with Crippen LogP contribution in [0.2, 0.25) is 0 Å². The van der Waals surface area contributed by atoms with Crippen molar-refractivity contribution in [3.8, 4) is 0 Å². The highest BCUT2D eigenvalue weighted by Crippen LogP contribution is 2.26. The van der Waals surface area contributed by atoms with Crippen LogP contribution in [0, 0.1) is 0 Å². The summed E-state index contributed by atoms with van der Waals surface area (Å²) < 4.78 is 0. The predicted molar refractivity (Wildman–Crippen MR) is 109 cm³/mol. The standard InChI is InChI=1S/C17H27N3O2S3/c1-3-4-5-15-19-14(12-25-15)17(22)18-6-7-20(2)16(21)10-13-11-23-8-9-24-13/h12-13H,3-11H2,1-2H3,(H,18,22). The number of aromatic nitrogens is 1. The molecule has 1 aliphatic rings. The number of carbonyl (C=O) groups excluding carboxylic acids is 2. The molecule has 2 rings (SSSR count). The van der Waals surface area contributed by atoms with Crippen molar-refractivity contribution in [1.82, 2.24) is 15.2 Å². The van der Waals surface area contributed by atoms with Crippen LogP contribution in [-0.4, -0.2) is 64.3 Å². The average molecular weight is 402 g/mol. The summed E-state index contributed by atoms with van der Waals surface area (Å²) in [6.07, 6.45) is 3.75. The second-order valence-electron chi connectivity index (χ2n) is 6.07. The molecule has 0 radical (unpaired) electrons. The van der Waals surface area contributed by atoms with E-state index in [0.717, 1.165) is 35.8 Å². The van der Waals surface area contributed by atoms with Crippen molar-refractivity contribution in [2.45, 2.75) is 37.9 Å². The molecule has 2 amide bonds. The second-order valence-corrected chi connectivity index (χ2v) is 9.57. The van der Waals surface area contributed by atoms with Gasteiger partial charge in [0.25, 0.3) is 5.91 Å². The number of likely N-dealkylation sites (N-methyl/N-ethyl adjacent to an activating group) is 1. The van der Waals surface area contributed by atoms with Crippen LogP contribution in [0.1, 0.15) is 41.7 Å². The highest BCUT2D eigenvalue weighted by atomic mass is 32.2. The van der Waals surface area contributed by atoms with E-state index in [9.17, 15) is 9.59 Å². The Balaban J connectivity index is 1.67. The van der Waals surface area contributed by atoms with Crippen LogP contribution in [0.3, 0.4) is 0 Å². The van der Waals surface area contributed by atoms with E-state index in [1.807, 2.05) is 28.9 Å². The summed E-state index contributed by atoms with van der Waals surface area (Å²) >= 11 is 5.37. The average Bonchev–Trinajstić information content (AvgIpc) is 3.09. The first-order valence-corrected chi connectivity index (χ1v) is 11.8. The van der Waals surface area contributed by atoms with Gasteiger partial charge in [-0.25, -0.2) is 4.98 Å². The lowest BCUT2D eigenvalue weighted by Gasteiger charge is -2.23. The first kappa shape index (κ1) is 20.6. The number of thioether (sulfide) groups is 2. The molecule has 25 heavy (non-hydrogen) atoms. The van der Waals surface area contributed by atoms with Gasteiger partial charge in [0.2, 0.25) is 5.91 Å². The van der Waals surface area contributed by atoms with Gasteiger partial charge in [-0.3, -0.25) is 9.59 Å². The van der Waals surface area contributed by atoms with Crippen LogP contribution in [0.5, 0.6) is 0 Å². The van der Waals surface area contributed by atoms with Crippen LogP contribution >= 0.6 is 34.9 Å². The van der Waals surface area contributed by atoms with Crippen molar-refractivity contribution in [2.24, 2.45) is 0 Å². The summed E-state index contributed by atoms with van der Waals surface area (Å²) in [5, 5.41) is 6.12. The van der Waals surface area contributed by atoms with Crippen LogP contribution in [0.25, 0.3) is 0 Å². The van der Waals surface area contributed by atoms with Gasteiger partial charge in [0.1, 0.15) is 5.69 Å².